The molecule has 5 rings (SSSR count). The first kappa shape index (κ1) is 28.6. The Morgan fingerprint density at radius 1 is 1.18 bits per heavy atom. The maximum Gasteiger partial charge on any atom is 0.222 e. The molecule has 0 aliphatic carbocycles. The summed E-state index contributed by atoms with van der Waals surface area (Å²) in [4.78, 5) is 9.24. The number of aromatic nitrogens is 3. The number of aliphatic hydroxyl groups is 1. The first-order valence-corrected chi connectivity index (χ1v) is 14.0. The highest BCUT2D eigenvalue weighted by molar-refractivity contribution is 6.09. The van der Waals surface area contributed by atoms with E-state index in [-0.39, 0.29) is 12.6 Å². The number of anilines is 2. The van der Waals surface area contributed by atoms with Crippen LogP contribution in [-0.4, -0.2) is 59.2 Å². The Bertz CT molecular complexity index is 1350. The average Bonchev–Trinajstić information content (AvgIpc) is 3.26. The summed E-state index contributed by atoms with van der Waals surface area (Å²) in [6.07, 6.45) is 4.42. The van der Waals surface area contributed by atoms with E-state index >= 15 is 0 Å². The Hall–Kier alpha value is -3.40. The van der Waals surface area contributed by atoms with Gasteiger partial charge in [0.25, 0.3) is 0 Å². The number of hydrogen-bond donors (Lipinski definition) is 4. The van der Waals surface area contributed by atoms with Crippen LogP contribution in [0.1, 0.15) is 50.7 Å². The van der Waals surface area contributed by atoms with E-state index < -0.39 is 0 Å². The van der Waals surface area contributed by atoms with E-state index in [2.05, 4.69) is 68.5 Å². The zero-order chi connectivity index (χ0) is 27.6. The van der Waals surface area contributed by atoms with Crippen molar-refractivity contribution in [2.75, 3.05) is 44.5 Å². The molecule has 9 nitrogen and oxygen atoms in total. The first-order valence-electron chi connectivity index (χ1n) is 14.0. The quantitative estimate of drug-likeness (QED) is 0.216. The standard InChI is InChI=1S/C28H36N6O2.C2H6O/c1-3-4-13-30-27-26-25(32-28(29)33-27)22-9-5-6-10-23(22)34(26)17-20-15-19(11-12-24(20)35-2)16-31-21-8-7-14-36-18-21;1-2-3/h5-6,9-12,15,21,31H,3-4,7-8,13-14,16-18H2,1-2H3,(H3,29,30,32,33);3H,2H2,1H3. The normalized spacial score (nSPS) is 15.2. The summed E-state index contributed by atoms with van der Waals surface area (Å²) < 4.78 is 13.7. The van der Waals surface area contributed by atoms with Crippen molar-refractivity contribution in [3.05, 3.63) is 53.6 Å². The van der Waals surface area contributed by atoms with Crippen molar-refractivity contribution in [1.29, 1.82) is 0 Å². The summed E-state index contributed by atoms with van der Waals surface area (Å²) in [5.41, 5.74) is 11.4. The van der Waals surface area contributed by atoms with Gasteiger partial charge in [-0.3, -0.25) is 0 Å². The van der Waals surface area contributed by atoms with Crippen LogP contribution in [0.2, 0.25) is 0 Å². The summed E-state index contributed by atoms with van der Waals surface area (Å²) in [5.74, 6) is 1.92. The van der Waals surface area contributed by atoms with Gasteiger partial charge in [0.2, 0.25) is 5.95 Å². The zero-order valence-electron chi connectivity index (χ0n) is 23.4. The number of aliphatic hydroxyl groups excluding tert-OH is 1. The number of para-hydroxylation sites is 1. The highest BCUT2D eigenvalue weighted by Gasteiger charge is 2.19. The van der Waals surface area contributed by atoms with Gasteiger partial charge in [-0.25, -0.2) is 4.98 Å². The van der Waals surface area contributed by atoms with Gasteiger partial charge in [-0.1, -0.05) is 37.6 Å². The van der Waals surface area contributed by atoms with Gasteiger partial charge in [0.05, 0.1) is 25.8 Å². The minimum absolute atomic E-state index is 0.250. The Balaban J connectivity index is 0.00000112. The van der Waals surface area contributed by atoms with Crippen LogP contribution in [0.15, 0.2) is 42.5 Å². The second-order valence-electron chi connectivity index (χ2n) is 9.77. The van der Waals surface area contributed by atoms with Gasteiger partial charge in [-0.2, -0.15) is 4.98 Å². The third-order valence-electron chi connectivity index (χ3n) is 6.87. The number of benzene rings is 2. The number of nitrogen functional groups attached to an aromatic ring is 1. The van der Waals surface area contributed by atoms with E-state index in [0.29, 0.717) is 12.6 Å². The molecule has 1 aliphatic heterocycles. The van der Waals surface area contributed by atoms with Gasteiger partial charge < -0.3 is 35.5 Å². The topological polar surface area (TPSA) is 119 Å². The molecule has 1 saturated heterocycles. The smallest absolute Gasteiger partial charge is 0.222 e. The van der Waals surface area contributed by atoms with Crippen molar-refractivity contribution in [3.8, 4) is 5.75 Å². The number of hydrogen-bond acceptors (Lipinski definition) is 8. The Labute approximate surface area is 230 Å². The molecule has 9 heteroatoms. The van der Waals surface area contributed by atoms with Crippen LogP contribution in [0.3, 0.4) is 0 Å². The number of ether oxygens (including phenoxy) is 2. The van der Waals surface area contributed by atoms with Crippen molar-refractivity contribution in [2.24, 2.45) is 0 Å². The Morgan fingerprint density at radius 2 is 2.00 bits per heavy atom. The molecule has 2 aromatic heterocycles. The van der Waals surface area contributed by atoms with Gasteiger partial charge >= 0.3 is 0 Å². The summed E-state index contributed by atoms with van der Waals surface area (Å²) in [7, 11) is 1.73. The second-order valence-corrected chi connectivity index (χ2v) is 9.77. The lowest BCUT2D eigenvalue weighted by Crippen LogP contribution is -2.36. The molecule has 5 N–H and O–H groups in total. The van der Waals surface area contributed by atoms with Crippen molar-refractivity contribution >= 4 is 33.7 Å². The van der Waals surface area contributed by atoms with Gasteiger partial charge in [0, 0.05) is 43.3 Å². The van der Waals surface area contributed by atoms with Crippen molar-refractivity contribution in [3.63, 3.8) is 0 Å². The molecule has 39 heavy (non-hydrogen) atoms. The molecule has 1 fully saturated rings. The molecule has 210 valence electrons. The van der Waals surface area contributed by atoms with Crippen LogP contribution in [0.4, 0.5) is 11.8 Å². The van der Waals surface area contributed by atoms with Gasteiger partial charge in [-0.15, -0.1) is 0 Å². The molecule has 0 amide bonds. The van der Waals surface area contributed by atoms with Crippen molar-refractivity contribution in [2.45, 2.75) is 58.7 Å². The minimum atomic E-state index is 0.250. The molecule has 1 atom stereocenters. The molecular weight excluding hydrogens is 492 g/mol. The van der Waals surface area contributed by atoms with Gasteiger partial charge in [-0.05, 0) is 49.9 Å². The molecule has 4 aromatic rings. The molecule has 0 saturated carbocycles. The summed E-state index contributed by atoms with van der Waals surface area (Å²) in [5, 5.41) is 15.8. The van der Waals surface area contributed by atoms with E-state index in [0.717, 1.165) is 91.1 Å². The van der Waals surface area contributed by atoms with E-state index in [1.165, 1.54) is 5.56 Å². The third-order valence-corrected chi connectivity index (χ3v) is 6.87. The molecule has 1 unspecified atom stereocenters. The number of fused-ring (bicyclic) bond motifs is 3. The maximum absolute atomic E-state index is 7.57. The van der Waals surface area contributed by atoms with E-state index in [1.807, 2.05) is 6.07 Å². The van der Waals surface area contributed by atoms with Crippen LogP contribution >= 0.6 is 0 Å². The zero-order valence-corrected chi connectivity index (χ0v) is 23.4. The molecule has 0 spiro atoms. The molecule has 0 radical (unpaired) electrons. The second kappa shape index (κ2) is 14.1. The highest BCUT2D eigenvalue weighted by Crippen LogP contribution is 2.34. The highest BCUT2D eigenvalue weighted by atomic mass is 16.5. The molecule has 1 aliphatic rings. The predicted octanol–water partition coefficient (Wildman–Crippen LogP) is 4.70. The fraction of sp³-hybridized carbons (Fsp3) is 0.467. The van der Waals surface area contributed by atoms with Gasteiger partial charge in [0.1, 0.15) is 16.8 Å². The summed E-state index contributed by atoms with van der Waals surface area (Å²) in [6.45, 7) is 8.01. The lowest BCUT2D eigenvalue weighted by molar-refractivity contribution is 0.0699. The number of methoxy groups -OCH3 is 1. The lowest BCUT2D eigenvalue weighted by atomic mass is 10.1. The number of nitrogens with zero attached hydrogens (tertiary/aromatic N) is 3. The third kappa shape index (κ3) is 6.98. The summed E-state index contributed by atoms with van der Waals surface area (Å²) >= 11 is 0. The molecular formula is C30H42N6O3. The van der Waals surface area contributed by atoms with Crippen molar-refractivity contribution < 1.29 is 14.6 Å². The maximum atomic E-state index is 7.57. The Kier molecular flexibility index (Phi) is 10.4. The summed E-state index contributed by atoms with van der Waals surface area (Å²) in [6, 6.07) is 15.2. The monoisotopic (exact) mass is 534 g/mol. The largest absolute Gasteiger partial charge is 0.496 e. The fourth-order valence-electron chi connectivity index (χ4n) is 5.02. The number of nitrogens with one attached hydrogen (secondary N) is 2. The van der Waals surface area contributed by atoms with Crippen LogP contribution in [0.25, 0.3) is 21.9 Å². The number of unbranched alkanes of at least 4 members (excludes halogenated alkanes) is 1. The molecule has 2 aromatic carbocycles. The number of nitrogens with two attached hydrogens (primary N) is 1. The van der Waals surface area contributed by atoms with E-state index in [9.17, 15) is 0 Å². The number of rotatable bonds is 10. The van der Waals surface area contributed by atoms with Crippen LogP contribution in [0.5, 0.6) is 5.75 Å². The fourth-order valence-corrected chi connectivity index (χ4v) is 5.02. The lowest BCUT2D eigenvalue weighted by Gasteiger charge is -2.23. The SMILES string of the molecule is CCCCNc1nc(N)nc2c3ccccc3n(Cc3cc(CNC4CCCOC4)ccc3OC)c12.CCO. The van der Waals surface area contributed by atoms with Crippen LogP contribution in [-0.2, 0) is 17.8 Å². The van der Waals surface area contributed by atoms with Crippen LogP contribution < -0.4 is 21.1 Å². The van der Waals surface area contributed by atoms with Gasteiger partial charge in [0.15, 0.2) is 5.82 Å². The molecule has 0 bridgehead atoms. The first-order chi connectivity index (χ1) is 19.1. The van der Waals surface area contributed by atoms with Crippen molar-refractivity contribution in [1.82, 2.24) is 19.9 Å². The predicted molar refractivity (Wildman–Crippen MR) is 158 cm³/mol. The minimum Gasteiger partial charge on any atom is -0.496 e. The molecule has 3 heterocycles. The Morgan fingerprint density at radius 3 is 2.74 bits per heavy atom. The van der Waals surface area contributed by atoms with E-state index in [4.69, 9.17) is 20.3 Å². The van der Waals surface area contributed by atoms with Crippen LogP contribution in [0, 0.1) is 0 Å². The average molecular weight is 535 g/mol. The van der Waals surface area contributed by atoms with E-state index in [1.54, 1.807) is 14.0 Å².